The molecule has 170 valence electrons. The molecule has 0 aliphatic heterocycles. The number of fused-ring (bicyclic) bond motifs is 2. The van der Waals surface area contributed by atoms with Gasteiger partial charge in [0.05, 0.1) is 24.1 Å². The fourth-order valence-electron chi connectivity index (χ4n) is 4.13. The summed E-state index contributed by atoms with van der Waals surface area (Å²) in [7, 11) is 1.63. The van der Waals surface area contributed by atoms with Gasteiger partial charge in [0, 0.05) is 33.8 Å². The molecule has 6 aromatic rings. The molecular weight excluding hydrogens is 462 g/mol. The molecule has 0 spiro atoms. The number of methoxy groups -OCH3 is 1. The van der Waals surface area contributed by atoms with E-state index in [1.54, 1.807) is 42.0 Å². The summed E-state index contributed by atoms with van der Waals surface area (Å²) in [6, 6.07) is 25.7. The van der Waals surface area contributed by atoms with Gasteiger partial charge in [0.1, 0.15) is 11.3 Å². The van der Waals surface area contributed by atoms with Crippen molar-refractivity contribution in [3.8, 4) is 28.3 Å². The van der Waals surface area contributed by atoms with E-state index in [2.05, 4.69) is 5.10 Å². The van der Waals surface area contributed by atoms with Gasteiger partial charge in [-0.2, -0.15) is 5.10 Å². The Hall–Kier alpha value is -4.42. The Morgan fingerprint density at radius 1 is 0.943 bits per heavy atom. The first kappa shape index (κ1) is 21.1. The van der Waals surface area contributed by atoms with Gasteiger partial charge in [-0.25, -0.2) is 9.50 Å². The maximum atomic E-state index is 13.4. The number of rotatable bonds is 5. The number of hydrogen-bond donors (Lipinski definition) is 0. The molecule has 0 saturated carbocycles. The first-order valence-electron chi connectivity index (χ1n) is 10.9. The summed E-state index contributed by atoms with van der Waals surface area (Å²) in [5.41, 5.74) is 4.66. The molecule has 6 nitrogen and oxygen atoms in total. The summed E-state index contributed by atoms with van der Waals surface area (Å²) in [6.07, 6.45) is 1.82. The Morgan fingerprint density at radius 2 is 1.74 bits per heavy atom. The molecule has 7 heteroatoms. The van der Waals surface area contributed by atoms with E-state index in [1.807, 2.05) is 60.8 Å². The minimum absolute atomic E-state index is 0.220. The van der Waals surface area contributed by atoms with E-state index < -0.39 is 0 Å². The average Bonchev–Trinajstić information content (AvgIpc) is 3.49. The Balaban J connectivity index is 1.51. The largest absolute Gasteiger partial charge is 0.497 e. The standard InChI is InChI=1S/C28H18ClN3O3/c1-34-20-10-7-17(8-11-20)23-16-25-30-22(13-14-32(25)31-23)26-21-15-19(29)9-12-24(21)35-28(26)27(33)18-5-3-2-4-6-18/h2-16H,1H3. The molecule has 0 saturated heterocycles. The van der Waals surface area contributed by atoms with Crippen molar-refractivity contribution in [2.75, 3.05) is 7.11 Å². The molecule has 3 aromatic carbocycles. The van der Waals surface area contributed by atoms with Crippen LogP contribution >= 0.6 is 11.6 Å². The zero-order valence-electron chi connectivity index (χ0n) is 18.6. The molecule has 0 fully saturated rings. The Morgan fingerprint density at radius 3 is 2.51 bits per heavy atom. The van der Waals surface area contributed by atoms with Crippen LogP contribution in [-0.2, 0) is 0 Å². The molecule has 35 heavy (non-hydrogen) atoms. The summed E-state index contributed by atoms with van der Waals surface area (Å²) in [4.78, 5) is 18.3. The van der Waals surface area contributed by atoms with Crippen LogP contribution in [0.25, 0.3) is 39.1 Å². The third-order valence-corrected chi connectivity index (χ3v) is 6.09. The maximum absolute atomic E-state index is 13.4. The maximum Gasteiger partial charge on any atom is 0.228 e. The number of ketones is 1. The third-order valence-electron chi connectivity index (χ3n) is 5.86. The van der Waals surface area contributed by atoms with Crippen molar-refractivity contribution >= 4 is 34.0 Å². The van der Waals surface area contributed by atoms with Crippen LogP contribution < -0.4 is 4.74 Å². The zero-order chi connectivity index (χ0) is 23.9. The Bertz CT molecular complexity index is 1700. The highest BCUT2D eigenvalue weighted by molar-refractivity contribution is 6.31. The lowest BCUT2D eigenvalue weighted by Crippen LogP contribution is -2.02. The molecule has 0 bridgehead atoms. The monoisotopic (exact) mass is 479 g/mol. The molecule has 0 aliphatic rings. The second-order valence-electron chi connectivity index (χ2n) is 8.02. The van der Waals surface area contributed by atoms with E-state index in [1.165, 1.54) is 0 Å². The van der Waals surface area contributed by atoms with Gasteiger partial charge in [-0.15, -0.1) is 0 Å². The van der Waals surface area contributed by atoms with Gasteiger partial charge in [0.2, 0.25) is 5.78 Å². The highest BCUT2D eigenvalue weighted by Gasteiger charge is 2.24. The van der Waals surface area contributed by atoms with Crippen molar-refractivity contribution < 1.29 is 13.9 Å². The third kappa shape index (κ3) is 3.74. The molecule has 0 amide bonds. The number of furan rings is 1. The SMILES string of the molecule is COc1ccc(-c2cc3nc(-c4c(C(=O)c5ccccc5)oc5ccc(Cl)cc45)ccn3n2)cc1. The minimum atomic E-state index is -0.220. The van der Waals surface area contributed by atoms with Gasteiger partial charge in [0.15, 0.2) is 11.4 Å². The van der Waals surface area contributed by atoms with Crippen molar-refractivity contribution in [2.24, 2.45) is 0 Å². The van der Waals surface area contributed by atoms with Crippen molar-refractivity contribution in [3.05, 3.63) is 107 Å². The summed E-state index contributed by atoms with van der Waals surface area (Å²) in [5.74, 6) is 0.779. The van der Waals surface area contributed by atoms with Crippen LogP contribution in [0.15, 0.2) is 95.5 Å². The first-order chi connectivity index (χ1) is 17.1. The van der Waals surface area contributed by atoms with Crippen LogP contribution in [0.2, 0.25) is 5.02 Å². The van der Waals surface area contributed by atoms with Gasteiger partial charge in [-0.1, -0.05) is 41.9 Å². The van der Waals surface area contributed by atoms with E-state index in [0.717, 1.165) is 22.4 Å². The zero-order valence-corrected chi connectivity index (χ0v) is 19.4. The number of hydrogen-bond acceptors (Lipinski definition) is 5. The molecule has 0 unspecified atom stereocenters. The molecule has 0 aliphatic carbocycles. The van der Waals surface area contributed by atoms with E-state index in [4.69, 9.17) is 25.7 Å². The fourth-order valence-corrected chi connectivity index (χ4v) is 4.30. The predicted molar refractivity (Wildman–Crippen MR) is 135 cm³/mol. The normalized spacial score (nSPS) is 11.3. The molecular formula is C28H18ClN3O3. The second-order valence-corrected chi connectivity index (χ2v) is 8.45. The highest BCUT2D eigenvalue weighted by Crippen LogP contribution is 2.37. The van der Waals surface area contributed by atoms with Gasteiger partial charge < -0.3 is 9.15 Å². The fraction of sp³-hybridized carbons (Fsp3) is 0.0357. The lowest BCUT2D eigenvalue weighted by atomic mass is 10.0. The van der Waals surface area contributed by atoms with Gasteiger partial charge in [0.25, 0.3) is 0 Å². The molecule has 0 N–H and O–H groups in total. The first-order valence-corrected chi connectivity index (χ1v) is 11.3. The molecule has 0 atom stereocenters. The van der Waals surface area contributed by atoms with Gasteiger partial charge >= 0.3 is 0 Å². The molecule has 6 rings (SSSR count). The molecule has 3 aromatic heterocycles. The smallest absolute Gasteiger partial charge is 0.228 e. The second kappa shape index (κ2) is 8.42. The Kier molecular flexibility index (Phi) is 5.08. The lowest BCUT2D eigenvalue weighted by Gasteiger charge is -2.04. The van der Waals surface area contributed by atoms with Crippen LogP contribution in [0.1, 0.15) is 16.1 Å². The van der Waals surface area contributed by atoms with E-state index >= 15 is 0 Å². The van der Waals surface area contributed by atoms with Crippen LogP contribution in [-0.4, -0.2) is 27.5 Å². The summed E-state index contributed by atoms with van der Waals surface area (Å²) < 4.78 is 13.0. The van der Waals surface area contributed by atoms with E-state index in [9.17, 15) is 4.79 Å². The minimum Gasteiger partial charge on any atom is -0.497 e. The number of aromatic nitrogens is 3. The number of carbonyl (C=O) groups is 1. The van der Waals surface area contributed by atoms with Crippen LogP contribution in [0.4, 0.5) is 0 Å². The molecule has 0 radical (unpaired) electrons. The van der Waals surface area contributed by atoms with Crippen LogP contribution in [0.3, 0.4) is 0 Å². The van der Waals surface area contributed by atoms with Gasteiger partial charge in [-0.05, 0) is 48.5 Å². The van der Waals surface area contributed by atoms with Crippen molar-refractivity contribution in [3.63, 3.8) is 0 Å². The topological polar surface area (TPSA) is 69.6 Å². The summed E-state index contributed by atoms with van der Waals surface area (Å²) >= 11 is 6.30. The summed E-state index contributed by atoms with van der Waals surface area (Å²) in [5, 5.41) is 5.92. The average molecular weight is 480 g/mol. The Labute approximate surface area is 205 Å². The number of benzene rings is 3. The number of carbonyl (C=O) groups excluding carboxylic acids is 1. The van der Waals surface area contributed by atoms with E-state index in [0.29, 0.717) is 33.1 Å². The number of halogens is 1. The lowest BCUT2D eigenvalue weighted by molar-refractivity contribution is 0.101. The molecule has 3 heterocycles. The van der Waals surface area contributed by atoms with Crippen molar-refractivity contribution in [1.29, 1.82) is 0 Å². The number of nitrogens with zero attached hydrogens (tertiary/aromatic N) is 3. The van der Waals surface area contributed by atoms with E-state index in [-0.39, 0.29) is 11.5 Å². The number of ether oxygens (including phenoxy) is 1. The van der Waals surface area contributed by atoms with Gasteiger partial charge in [-0.3, -0.25) is 4.79 Å². The van der Waals surface area contributed by atoms with Crippen molar-refractivity contribution in [2.45, 2.75) is 0 Å². The predicted octanol–water partition coefficient (Wildman–Crippen LogP) is 6.70. The quantitative estimate of drug-likeness (QED) is 0.257. The summed E-state index contributed by atoms with van der Waals surface area (Å²) in [6.45, 7) is 0. The highest BCUT2D eigenvalue weighted by atomic mass is 35.5. The van der Waals surface area contributed by atoms with Crippen LogP contribution in [0, 0.1) is 0 Å². The van der Waals surface area contributed by atoms with Crippen molar-refractivity contribution in [1.82, 2.24) is 14.6 Å². The van der Waals surface area contributed by atoms with Crippen LogP contribution in [0.5, 0.6) is 5.75 Å².